The second-order valence-corrected chi connectivity index (χ2v) is 26.1. The van der Waals surface area contributed by atoms with Crippen LogP contribution in [0.25, 0.3) is 55.6 Å². The van der Waals surface area contributed by atoms with Crippen molar-refractivity contribution in [3.63, 3.8) is 0 Å². The molecule has 0 atom stereocenters. The number of furan rings is 1. The first-order chi connectivity index (χ1) is 24.5. The van der Waals surface area contributed by atoms with Crippen molar-refractivity contribution in [1.82, 2.24) is 9.97 Å². The molecule has 0 aliphatic rings. The summed E-state index contributed by atoms with van der Waals surface area (Å²) in [6.07, 6.45) is 3.86. The van der Waals surface area contributed by atoms with Crippen molar-refractivity contribution in [1.29, 1.82) is 0 Å². The SMILES string of the molecule is CC(C)c1ccnc(-c2[c-]ccc3c2oc2cc(-c4ccc([Si](C)(C)C)cc4)ccc23)c1.[2H]C(C)(C)c1cc(-c2[c-]cccc2)ncc1[Si](C)(C)C.[Ir]. The van der Waals surface area contributed by atoms with Crippen LogP contribution in [-0.2, 0) is 20.1 Å². The molecule has 269 valence electrons. The van der Waals surface area contributed by atoms with E-state index in [1.165, 1.54) is 27.1 Å². The van der Waals surface area contributed by atoms with E-state index in [2.05, 4.69) is 142 Å². The molecule has 0 aliphatic heterocycles. The second-order valence-electron chi connectivity index (χ2n) is 16.0. The minimum absolute atomic E-state index is 0. The number of fused-ring (bicyclic) bond motifs is 3. The van der Waals surface area contributed by atoms with E-state index in [-0.39, 0.29) is 20.1 Å². The molecule has 1 radical (unpaired) electrons. The summed E-state index contributed by atoms with van der Waals surface area (Å²) >= 11 is 0. The van der Waals surface area contributed by atoms with E-state index in [1.807, 2.05) is 56.6 Å². The fraction of sp³-hybridized carbons (Fsp3) is 0.261. The minimum Gasteiger partial charge on any atom is -0.501 e. The van der Waals surface area contributed by atoms with Crippen molar-refractivity contribution in [2.24, 2.45) is 0 Å². The van der Waals surface area contributed by atoms with Crippen molar-refractivity contribution in [2.45, 2.75) is 78.8 Å². The Morgan fingerprint density at radius 3 is 2.06 bits per heavy atom. The molecule has 0 bridgehead atoms. The van der Waals surface area contributed by atoms with E-state index in [9.17, 15) is 0 Å². The predicted molar refractivity (Wildman–Crippen MR) is 224 cm³/mol. The Balaban J connectivity index is 0.000000223. The van der Waals surface area contributed by atoms with Gasteiger partial charge in [-0.05, 0) is 51.6 Å². The van der Waals surface area contributed by atoms with E-state index < -0.39 is 22.0 Å². The van der Waals surface area contributed by atoms with Gasteiger partial charge in [-0.15, -0.1) is 54.1 Å². The first-order valence-electron chi connectivity index (χ1n) is 18.4. The third kappa shape index (κ3) is 8.64. The Labute approximate surface area is 327 Å². The molecule has 4 aromatic carbocycles. The number of rotatable bonds is 7. The zero-order valence-electron chi connectivity index (χ0n) is 33.1. The maximum atomic E-state index is 8.44. The quantitative estimate of drug-likeness (QED) is 0.118. The van der Waals surface area contributed by atoms with E-state index >= 15 is 0 Å². The Morgan fingerprint density at radius 1 is 0.692 bits per heavy atom. The summed E-state index contributed by atoms with van der Waals surface area (Å²) in [6.45, 7) is 22.3. The molecule has 7 aromatic rings. The van der Waals surface area contributed by atoms with Gasteiger partial charge in [0.05, 0.1) is 21.7 Å². The first kappa shape index (κ1) is 37.8. The van der Waals surface area contributed by atoms with Gasteiger partial charge in [0.25, 0.3) is 0 Å². The van der Waals surface area contributed by atoms with E-state index in [0.717, 1.165) is 50.0 Å². The van der Waals surface area contributed by atoms with Gasteiger partial charge in [-0.1, -0.05) is 143 Å². The van der Waals surface area contributed by atoms with Crippen LogP contribution >= 0.6 is 0 Å². The smallest absolute Gasteiger partial charge is 0.121 e. The number of hydrogen-bond donors (Lipinski definition) is 0. The number of aromatic nitrogens is 2. The summed E-state index contributed by atoms with van der Waals surface area (Å²) < 4.78 is 14.9. The number of pyridine rings is 2. The average molecular weight is 896 g/mol. The molecule has 0 unspecified atom stereocenters. The number of hydrogen-bond acceptors (Lipinski definition) is 3. The van der Waals surface area contributed by atoms with Gasteiger partial charge < -0.3 is 14.4 Å². The van der Waals surface area contributed by atoms with Crippen molar-refractivity contribution >= 4 is 48.5 Å². The molecular formula is C46H50IrN2OSi2-2. The van der Waals surface area contributed by atoms with E-state index in [0.29, 0.717) is 5.92 Å². The van der Waals surface area contributed by atoms with Crippen molar-refractivity contribution < 1.29 is 25.9 Å². The van der Waals surface area contributed by atoms with Crippen LogP contribution in [0.4, 0.5) is 0 Å². The van der Waals surface area contributed by atoms with Crippen molar-refractivity contribution in [3.8, 4) is 33.6 Å². The standard InChI is InChI=1S/C29H28NOSi.C17H22NSi.Ir/c1-19(2)21-15-16-30-27(17-21)26-8-6-7-25-24-14-11-22(18-28(24)31-29(25)26)20-9-12-23(13-10-20)32(3,4)5;1-13(2)15-11-16(14-9-7-6-8-10-14)18-12-17(15)19(3,4)5;/h6-7,9-19H,1-5H3;6-9,11-13H,1-5H3;/q2*-1;/i;13D;. The van der Waals surface area contributed by atoms with Crippen LogP contribution in [0.3, 0.4) is 0 Å². The Bertz CT molecular complexity index is 2330. The summed E-state index contributed by atoms with van der Waals surface area (Å²) in [4.78, 5) is 9.23. The van der Waals surface area contributed by atoms with Crippen LogP contribution in [0.5, 0.6) is 0 Å². The molecule has 7 rings (SSSR count). The third-order valence-electron chi connectivity index (χ3n) is 9.46. The Hall–Kier alpha value is -3.94. The molecule has 0 N–H and O–H groups in total. The number of benzene rings is 4. The summed E-state index contributed by atoms with van der Waals surface area (Å²) in [5, 5.41) is 4.98. The third-order valence-corrected chi connectivity index (χ3v) is 13.5. The maximum absolute atomic E-state index is 8.44. The second kappa shape index (κ2) is 16.0. The van der Waals surface area contributed by atoms with Crippen molar-refractivity contribution in [2.75, 3.05) is 0 Å². The van der Waals surface area contributed by atoms with Crippen LogP contribution in [0, 0.1) is 12.1 Å². The molecule has 3 heterocycles. The van der Waals surface area contributed by atoms with E-state index in [1.54, 1.807) is 0 Å². The normalized spacial score (nSPS) is 12.3. The minimum atomic E-state index is -1.50. The Morgan fingerprint density at radius 2 is 1.42 bits per heavy atom. The van der Waals surface area contributed by atoms with Gasteiger partial charge in [-0.2, -0.15) is 0 Å². The molecule has 0 saturated carbocycles. The van der Waals surface area contributed by atoms with Crippen molar-refractivity contribution in [3.05, 3.63) is 133 Å². The van der Waals surface area contributed by atoms with Gasteiger partial charge in [-0.3, -0.25) is 0 Å². The zero-order valence-corrected chi connectivity index (χ0v) is 36.5. The first-order valence-corrected chi connectivity index (χ1v) is 24.9. The summed E-state index contributed by atoms with van der Waals surface area (Å²) in [5.74, 6) is -0.163. The molecular weight excluding hydrogens is 845 g/mol. The van der Waals surface area contributed by atoms with Gasteiger partial charge in [0, 0.05) is 39.3 Å². The van der Waals surface area contributed by atoms with Crippen LogP contribution in [0.15, 0.2) is 114 Å². The molecule has 0 spiro atoms. The van der Waals surface area contributed by atoms with E-state index in [4.69, 9.17) is 5.79 Å². The molecule has 0 amide bonds. The van der Waals surface area contributed by atoms with Gasteiger partial charge in [0.2, 0.25) is 0 Å². The maximum Gasteiger partial charge on any atom is 0.121 e. The van der Waals surface area contributed by atoms with Crippen LogP contribution in [-0.4, -0.2) is 26.1 Å². The fourth-order valence-corrected chi connectivity index (χ4v) is 9.13. The van der Waals surface area contributed by atoms with Crippen LogP contribution in [0.2, 0.25) is 39.3 Å². The topological polar surface area (TPSA) is 38.9 Å². The fourth-order valence-electron chi connectivity index (χ4n) is 6.38. The summed E-state index contributed by atoms with van der Waals surface area (Å²) in [6, 6.07) is 40.3. The van der Waals surface area contributed by atoms with Gasteiger partial charge in [0.1, 0.15) is 5.58 Å². The molecule has 3 nitrogen and oxygen atoms in total. The summed E-state index contributed by atoms with van der Waals surface area (Å²) in [7, 11) is -2.81. The van der Waals surface area contributed by atoms with Crippen LogP contribution < -0.4 is 10.4 Å². The zero-order chi connectivity index (χ0) is 37.4. The molecule has 52 heavy (non-hydrogen) atoms. The monoisotopic (exact) mass is 896 g/mol. The van der Waals surface area contributed by atoms with Gasteiger partial charge >= 0.3 is 0 Å². The van der Waals surface area contributed by atoms with Crippen LogP contribution in [0.1, 0.15) is 52.0 Å². The summed E-state index contributed by atoms with van der Waals surface area (Å²) in [5.41, 5.74) is 10.2. The molecule has 3 aromatic heterocycles. The van der Waals surface area contributed by atoms with Gasteiger partial charge in [0.15, 0.2) is 0 Å². The molecule has 0 fully saturated rings. The Kier molecular flexibility index (Phi) is 11.6. The number of nitrogens with zero attached hydrogens (tertiary/aromatic N) is 2. The molecule has 6 heteroatoms. The predicted octanol–water partition coefficient (Wildman–Crippen LogP) is 12.0. The molecule has 0 aliphatic carbocycles. The molecule has 0 saturated heterocycles. The van der Waals surface area contributed by atoms with Gasteiger partial charge in [-0.25, -0.2) is 0 Å². The largest absolute Gasteiger partial charge is 0.501 e. The average Bonchev–Trinajstić information content (AvgIpc) is 3.49.